The molecule has 4 rings (SSSR count). The summed E-state index contributed by atoms with van der Waals surface area (Å²) < 4.78 is 1.90. The average Bonchev–Trinajstić information content (AvgIpc) is 3.09. The van der Waals surface area contributed by atoms with Crippen LogP contribution in [-0.2, 0) is 12.2 Å². The third-order valence-corrected chi connectivity index (χ3v) is 5.82. The fraction of sp³-hybridized carbons (Fsp3) is 0.100. The van der Waals surface area contributed by atoms with Gasteiger partial charge in [0.15, 0.2) is 5.16 Å². The van der Waals surface area contributed by atoms with Crippen LogP contribution in [0, 0.1) is 0 Å². The van der Waals surface area contributed by atoms with Gasteiger partial charge >= 0.3 is 5.69 Å². The molecule has 7 nitrogen and oxygen atoms in total. The number of aromatic amines is 2. The normalized spacial score (nSPS) is 11.0. The van der Waals surface area contributed by atoms with Crippen LogP contribution in [0.2, 0.25) is 10.0 Å². The summed E-state index contributed by atoms with van der Waals surface area (Å²) in [5.41, 5.74) is 1.22. The molecule has 0 saturated heterocycles. The van der Waals surface area contributed by atoms with Crippen LogP contribution in [0.3, 0.4) is 0 Å². The van der Waals surface area contributed by atoms with Crippen molar-refractivity contribution in [3.8, 4) is 5.69 Å². The lowest BCUT2D eigenvalue weighted by molar-refractivity contribution is 0.829. The lowest BCUT2D eigenvalue weighted by Crippen LogP contribution is -2.23. The van der Waals surface area contributed by atoms with E-state index in [9.17, 15) is 9.59 Å². The van der Waals surface area contributed by atoms with Gasteiger partial charge in [-0.2, -0.15) is 0 Å². The standard InChI is InChI=1S/C20H15Cl2N5O2S/c21-13-7-6-12(16(22)8-13)11-30-20-26-25-17(27(20)15-4-2-1-3-5-15)9-14-10-18(28)24-19(29)23-14/h1-8,10H,9,11H2,(H2,23,24,28,29). The molecular formula is C20H15Cl2N5O2S. The summed E-state index contributed by atoms with van der Waals surface area (Å²) in [5.74, 6) is 1.16. The number of nitrogens with one attached hydrogen (secondary N) is 2. The minimum absolute atomic E-state index is 0.239. The monoisotopic (exact) mass is 459 g/mol. The molecule has 0 amide bonds. The highest BCUT2D eigenvalue weighted by atomic mass is 35.5. The van der Waals surface area contributed by atoms with E-state index in [0.29, 0.717) is 32.5 Å². The van der Waals surface area contributed by atoms with Gasteiger partial charge in [0, 0.05) is 39.7 Å². The van der Waals surface area contributed by atoms with Gasteiger partial charge in [0.05, 0.1) is 0 Å². The van der Waals surface area contributed by atoms with Gasteiger partial charge in [-0.25, -0.2) is 4.79 Å². The topological polar surface area (TPSA) is 96.4 Å². The largest absolute Gasteiger partial charge is 0.325 e. The van der Waals surface area contributed by atoms with Crippen LogP contribution in [0.15, 0.2) is 69.3 Å². The number of rotatable bonds is 6. The zero-order chi connectivity index (χ0) is 21.1. The number of para-hydroxylation sites is 1. The number of thioether (sulfide) groups is 1. The fourth-order valence-electron chi connectivity index (χ4n) is 2.91. The fourth-order valence-corrected chi connectivity index (χ4v) is 4.44. The van der Waals surface area contributed by atoms with E-state index in [1.807, 2.05) is 41.0 Å². The van der Waals surface area contributed by atoms with E-state index >= 15 is 0 Å². The first-order valence-electron chi connectivity index (χ1n) is 8.88. The van der Waals surface area contributed by atoms with Crippen molar-refractivity contribution in [1.29, 1.82) is 0 Å². The van der Waals surface area contributed by atoms with Crippen molar-refractivity contribution in [3.05, 3.63) is 103 Å². The van der Waals surface area contributed by atoms with E-state index in [1.54, 1.807) is 12.1 Å². The summed E-state index contributed by atoms with van der Waals surface area (Å²) in [6.07, 6.45) is 0.239. The van der Waals surface area contributed by atoms with E-state index in [0.717, 1.165) is 11.3 Å². The number of benzene rings is 2. The minimum Gasteiger partial charge on any atom is -0.311 e. The van der Waals surface area contributed by atoms with Crippen LogP contribution in [-0.4, -0.2) is 24.7 Å². The minimum atomic E-state index is -0.560. The van der Waals surface area contributed by atoms with Crippen LogP contribution in [0.25, 0.3) is 5.69 Å². The molecule has 2 aromatic heterocycles. The highest BCUT2D eigenvalue weighted by molar-refractivity contribution is 7.98. The number of nitrogens with zero attached hydrogens (tertiary/aromatic N) is 3. The van der Waals surface area contributed by atoms with Crippen LogP contribution in [0.1, 0.15) is 17.1 Å². The Labute approximate surface area is 185 Å². The van der Waals surface area contributed by atoms with Crippen molar-refractivity contribution >= 4 is 35.0 Å². The molecule has 0 unspecified atom stereocenters. The third kappa shape index (κ3) is 4.67. The maximum atomic E-state index is 11.6. The molecule has 0 atom stereocenters. The van der Waals surface area contributed by atoms with Gasteiger partial charge in [0.1, 0.15) is 5.82 Å². The second-order valence-corrected chi connectivity index (χ2v) is 8.17. The van der Waals surface area contributed by atoms with Crippen molar-refractivity contribution in [2.45, 2.75) is 17.3 Å². The second-order valence-electron chi connectivity index (χ2n) is 6.38. The highest BCUT2D eigenvalue weighted by Crippen LogP contribution is 2.29. The first-order valence-corrected chi connectivity index (χ1v) is 10.6. The quantitative estimate of drug-likeness (QED) is 0.427. The van der Waals surface area contributed by atoms with Gasteiger partial charge in [-0.3, -0.25) is 14.3 Å². The van der Waals surface area contributed by atoms with Gasteiger partial charge in [-0.1, -0.05) is 59.2 Å². The molecule has 0 aliphatic rings. The molecule has 2 aromatic carbocycles. The van der Waals surface area contributed by atoms with Crippen LogP contribution >= 0.6 is 35.0 Å². The molecule has 2 heterocycles. The molecule has 0 saturated carbocycles. The van der Waals surface area contributed by atoms with E-state index in [-0.39, 0.29) is 6.42 Å². The van der Waals surface area contributed by atoms with Crippen LogP contribution < -0.4 is 11.2 Å². The Morgan fingerprint density at radius 3 is 2.50 bits per heavy atom. The molecule has 2 N–H and O–H groups in total. The number of halogens is 2. The summed E-state index contributed by atoms with van der Waals surface area (Å²) in [6.45, 7) is 0. The van der Waals surface area contributed by atoms with Crippen LogP contribution in [0.5, 0.6) is 0 Å². The van der Waals surface area contributed by atoms with Crippen LogP contribution in [0.4, 0.5) is 0 Å². The van der Waals surface area contributed by atoms with Gasteiger partial charge in [-0.15, -0.1) is 10.2 Å². The predicted molar refractivity (Wildman–Crippen MR) is 118 cm³/mol. The van der Waals surface area contributed by atoms with Gasteiger partial charge in [0.25, 0.3) is 5.56 Å². The van der Waals surface area contributed by atoms with Crippen molar-refractivity contribution in [2.75, 3.05) is 0 Å². The molecule has 10 heteroatoms. The summed E-state index contributed by atoms with van der Waals surface area (Å²) in [7, 11) is 0. The van der Waals surface area contributed by atoms with Crippen molar-refractivity contribution < 1.29 is 0 Å². The molecule has 0 spiro atoms. The Kier molecular flexibility index (Phi) is 6.08. The lowest BCUT2D eigenvalue weighted by atomic mass is 10.2. The maximum absolute atomic E-state index is 11.6. The summed E-state index contributed by atoms with van der Waals surface area (Å²) in [4.78, 5) is 28.0. The molecule has 0 aliphatic heterocycles. The Morgan fingerprint density at radius 2 is 1.77 bits per heavy atom. The first-order chi connectivity index (χ1) is 14.5. The first kappa shape index (κ1) is 20.5. The highest BCUT2D eigenvalue weighted by Gasteiger charge is 2.16. The number of hydrogen-bond acceptors (Lipinski definition) is 5. The average molecular weight is 460 g/mol. The molecule has 152 valence electrons. The van der Waals surface area contributed by atoms with Gasteiger partial charge < -0.3 is 4.98 Å². The second kappa shape index (κ2) is 8.91. The lowest BCUT2D eigenvalue weighted by Gasteiger charge is -2.10. The predicted octanol–water partition coefficient (Wildman–Crippen LogP) is 3.83. The Morgan fingerprint density at radius 1 is 0.967 bits per heavy atom. The molecule has 0 fully saturated rings. The molecule has 4 aromatic rings. The number of aromatic nitrogens is 5. The summed E-state index contributed by atoms with van der Waals surface area (Å²) >= 11 is 13.7. The van der Waals surface area contributed by atoms with Crippen molar-refractivity contribution in [1.82, 2.24) is 24.7 Å². The number of H-pyrrole nitrogens is 2. The Hall–Kier alpha value is -2.81. The van der Waals surface area contributed by atoms with E-state index in [1.165, 1.54) is 17.8 Å². The Balaban J connectivity index is 1.68. The van der Waals surface area contributed by atoms with E-state index in [2.05, 4.69) is 20.2 Å². The molecule has 30 heavy (non-hydrogen) atoms. The summed E-state index contributed by atoms with van der Waals surface area (Å²) in [5, 5.41) is 10.5. The third-order valence-electron chi connectivity index (χ3n) is 4.25. The van der Waals surface area contributed by atoms with E-state index < -0.39 is 11.2 Å². The Bertz CT molecular complexity index is 1270. The molecule has 0 bridgehead atoms. The van der Waals surface area contributed by atoms with Crippen molar-refractivity contribution in [2.24, 2.45) is 0 Å². The molecule has 0 aliphatic carbocycles. The van der Waals surface area contributed by atoms with Gasteiger partial charge in [-0.05, 0) is 29.8 Å². The number of hydrogen-bond donors (Lipinski definition) is 2. The SMILES string of the molecule is O=c1cc(Cc2nnc(SCc3ccc(Cl)cc3Cl)n2-c2ccccc2)[nH]c(=O)[nH]1. The van der Waals surface area contributed by atoms with E-state index in [4.69, 9.17) is 23.2 Å². The summed E-state index contributed by atoms with van der Waals surface area (Å²) in [6, 6.07) is 16.3. The van der Waals surface area contributed by atoms with Crippen molar-refractivity contribution in [3.63, 3.8) is 0 Å². The zero-order valence-electron chi connectivity index (χ0n) is 15.4. The maximum Gasteiger partial charge on any atom is 0.325 e. The zero-order valence-corrected chi connectivity index (χ0v) is 17.8. The molecule has 0 radical (unpaired) electrons. The van der Waals surface area contributed by atoms with Gasteiger partial charge in [0.2, 0.25) is 0 Å². The smallest absolute Gasteiger partial charge is 0.311 e. The molecular weight excluding hydrogens is 445 g/mol.